The minimum Gasteiger partial charge on any atom is -0.496 e. The number of carbonyl (C=O) groups excluding carboxylic acids is 2. The van der Waals surface area contributed by atoms with E-state index in [0.717, 1.165) is 16.9 Å². The van der Waals surface area contributed by atoms with Crippen molar-refractivity contribution in [2.24, 2.45) is 7.05 Å². The Morgan fingerprint density at radius 1 is 0.939 bits per heavy atom. The Morgan fingerprint density at radius 3 is 2.45 bits per heavy atom. The van der Waals surface area contributed by atoms with Crippen LogP contribution >= 0.6 is 0 Å². The average molecular weight is 444 g/mol. The third-order valence-corrected chi connectivity index (χ3v) is 5.25. The first kappa shape index (κ1) is 21.9. The van der Waals surface area contributed by atoms with Gasteiger partial charge in [-0.2, -0.15) is 0 Å². The van der Waals surface area contributed by atoms with Crippen molar-refractivity contribution in [1.29, 1.82) is 0 Å². The van der Waals surface area contributed by atoms with E-state index < -0.39 is 0 Å². The van der Waals surface area contributed by atoms with Gasteiger partial charge in [-0.3, -0.25) is 4.79 Å². The van der Waals surface area contributed by atoms with Gasteiger partial charge in [0.2, 0.25) is 0 Å². The lowest BCUT2D eigenvalue weighted by Crippen LogP contribution is -2.26. The normalized spacial score (nSPS) is 10.6. The highest BCUT2D eigenvalue weighted by Gasteiger charge is 2.13. The van der Waals surface area contributed by atoms with Crippen LogP contribution in [-0.4, -0.2) is 35.1 Å². The summed E-state index contributed by atoms with van der Waals surface area (Å²) in [7, 11) is 3.47. The fourth-order valence-electron chi connectivity index (χ4n) is 3.58. The molecule has 0 saturated carbocycles. The van der Waals surface area contributed by atoms with Crippen LogP contribution in [0.15, 0.2) is 72.8 Å². The maximum absolute atomic E-state index is 12.5. The number of aromatic nitrogens is 2. The van der Waals surface area contributed by atoms with E-state index >= 15 is 0 Å². The Hall–Kier alpha value is -4.33. The number of hydrogen-bond donors (Lipinski definition) is 3. The van der Waals surface area contributed by atoms with E-state index in [9.17, 15) is 9.59 Å². The van der Waals surface area contributed by atoms with Crippen molar-refractivity contribution in [3.05, 3.63) is 84.2 Å². The van der Waals surface area contributed by atoms with Crippen molar-refractivity contribution >= 4 is 34.3 Å². The first-order chi connectivity index (χ1) is 16.0. The molecule has 168 valence electrons. The minimum atomic E-state index is -0.323. The zero-order valence-corrected chi connectivity index (χ0v) is 18.5. The van der Waals surface area contributed by atoms with Gasteiger partial charge < -0.3 is 25.3 Å². The lowest BCUT2D eigenvalue weighted by Gasteiger charge is -2.09. The van der Waals surface area contributed by atoms with Gasteiger partial charge in [0.15, 0.2) is 0 Å². The van der Waals surface area contributed by atoms with Gasteiger partial charge in [-0.1, -0.05) is 30.3 Å². The summed E-state index contributed by atoms with van der Waals surface area (Å²) in [4.78, 5) is 29.4. The Morgan fingerprint density at radius 2 is 1.67 bits per heavy atom. The summed E-state index contributed by atoms with van der Waals surface area (Å²) in [5, 5.41) is 8.54. The van der Waals surface area contributed by atoms with Gasteiger partial charge in [0.05, 0.1) is 23.7 Å². The predicted molar refractivity (Wildman–Crippen MR) is 129 cm³/mol. The van der Waals surface area contributed by atoms with E-state index in [2.05, 4.69) is 20.9 Å². The summed E-state index contributed by atoms with van der Waals surface area (Å²) in [5.74, 6) is 1.17. The van der Waals surface area contributed by atoms with Gasteiger partial charge in [-0.05, 0) is 42.5 Å². The highest BCUT2D eigenvalue weighted by atomic mass is 16.5. The summed E-state index contributed by atoms with van der Waals surface area (Å²) in [6, 6.07) is 21.6. The number of carbonyl (C=O) groups is 2. The summed E-state index contributed by atoms with van der Waals surface area (Å²) in [5.41, 5.74) is 3.56. The molecule has 4 aromatic rings. The van der Waals surface area contributed by atoms with Crippen LogP contribution in [0, 0.1) is 0 Å². The second-order valence-electron chi connectivity index (χ2n) is 7.44. The summed E-state index contributed by atoms with van der Waals surface area (Å²) >= 11 is 0. The average Bonchev–Trinajstić information content (AvgIpc) is 3.14. The molecule has 8 heteroatoms. The number of nitrogens with zero attached hydrogens (tertiary/aromatic N) is 2. The predicted octanol–water partition coefficient (Wildman–Crippen LogP) is 4.20. The molecule has 0 aliphatic rings. The third-order valence-electron chi connectivity index (χ3n) is 5.25. The molecule has 0 bridgehead atoms. The number of fused-ring (bicyclic) bond motifs is 1. The van der Waals surface area contributed by atoms with Crippen molar-refractivity contribution < 1.29 is 14.3 Å². The number of para-hydroxylation sites is 2. The van der Waals surface area contributed by atoms with E-state index in [0.29, 0.717) is 35.7 Å². The molecule has 0 aliphatic heterocycles. The smallest absolute Gasteiger partial charge is 0.323 e. The van der Waals surface area contributed by atoms with E-state index in [1.807, 2.05) is 66.2 Å². The highest BCUT2D eigenvalue weighted by Crippen LogP contribution is 2.21. The van der Waals surface area contributed by atoms with Gasteiger partial charge in [0.1, 0.15) is 11.6 Å². The van der Waals surface area contributed by atoms with Crippen molar-refractivity contribution in [3.8, 4) is 5.75 Å². The molecular weight excluding hydrogens is 418 g/mol. The van der Waals surface area contributed by atoms with Crippen molar-refractivity contribution in [1.82, 2.24) is 14.9 Å². The topological polar surface area (TPSA) is 97.3 Å². The number of hydrogen-bond acceptors (Lipinski definition) is 4. The first-order valence-electron chi connectivity index (χ1n) is 10.5. The summed E-state index contributed by atoms with van der Waals surface area (Å²) in [6.07, 6.45) is 0.559. The Kier molecular flexibility index (Phi) is 6.54. The molecule has 1 aromatic heterocycles. The maximum Gasteiger partial charge on any atom is 0.323 e. The maximum atomic E-state index is 12.5. The first-order valence-corrected chi connectivity index (χ1v) is 10.5. The van der Waals surface area contributed by atoms with Crippen LogP contribution in [0.25, 0.3) is 11.0 Å². The van der Waals surface area contributed by atoms with Gasteiger partial charge in [0, 0.05) is 31.4 Å². The largest absolute Gasteiger partial charge is 0.496 e. The lowest BCUT2D eigenvalue weighted by molar-refractivity contribution is 0.0951. The van der Waals surface area contributed by atoms with Crippen molar-refractivity contribution in [2.75, 3.05) is 24.3 Å². The van der Waals surface area contributed by atoms with Crippen molar-refractivity contribution in [2.45, 2.75) is 6.42 Å². The molecule has 0 atom stereocenters. The lowest BCUT2D eigenvalue weighted by atomic mass is 10.2. The van der Waals surface area contributed by atoms with Gasteiger partial charge in [0.25, 0.3) is 5.91 Å². The number of anilines is 2. The minimum absolute atomic E-state index is 0.192. The molecule has 4 rings (SSSR count). The second kappa shape index (κ2) is 9.86. The molecular formula is C25H25N5O3. The number of rotatable bonds is 7. The molecule has 33 heavy (non-hydrogen) atoms. The molecule has 0 aliphatic carbocycles. The van der Waals surface area contributed by atoms with E-state index in [4.69, 9.17) is 4.74 Å². The molecule has 3 N–H and O–H groups in total. The fourth-order valence-corrected chi connectivity index (χ4v) is 3.58. The summed E-state index contributed by atoms with van der Waals surface area (Å²) in [6.45, 7) is 0.429. The number of aryl methyl sites for hydroxylation is 1. The molecule has 0 unspecified atom stereocenters. The number of ether oxygens (including phenoxy) is 1. The molecule has 3 amide bonds. The molecule has 8 nitrogen and oxygen atoms in total. The van der Waals surface area contributed by atoms with Crippen LogP contribution in [0.4, 0.5) is 16.2 Å². The summed E-state index contributed by atoms with van der Waals surface area (Å²) < 4.78 is 7.23. The van der Waals surface area contributed by atoms with E-state index in [1.54, 1.807) is 25.3 Å². The molecule has 0 spiro atoms. The number of imidazole rings is 1. The molecule has 0 radical (unpaired) electrons. The second-order valence-corrected chi connectivity index (χ2v) is 7.44. The van der Waals surface area contributed by atoms with Gasteiger partial charge >= 0.3 is 6.03 Å². The number of nitrogens with one attached hydrogen (secondary N) is 3. The van der Waals surface area contributed by atoms with Crippen LogP contribution in [0.5, 0.6) is 5.75 Å². The Bertz CT molecular complexity index is 1280. The Balaban J connectivity index is 1.39. The van der Waals surface area contributed by atoms with Crippen LogP contribution in [0.1, 0.15) is 16.2 Å². The van der Waals surface area contributed by atoms with Crippen LogP contribution in [0.2, 0.25) is 0 Å². The SMILES string of the molecule is COc1ccccc1C(=O)NCCc1nc2cc(NC(=O)Nc3ccccc3)ccc2n1C. The van der Waals surface area contributed by atoms with Gasteiger partial charge in [-0.25, -0.2) is 9.78 Å². The molecule has 3 aromatic carbocycles. The van der Waals surface area contributed by atoms with E-state index in [1.165, 1.54) is 0 Å². The molecule has 0 fully saturated rings. The van der Waals surface area contributed by atoms with Crippen molar-refractivity contribution in [3.63, 3.8) is 0 Å². The number of amides is 3. The fraction of sp³-hybridized carbons (Fsp3) is 0.160. The zero-order valence-electron chi connectivity index (χ0n) is 18.5. The molecule has 0 saturated heterocycles. The zero-order chi connectivity index (χ0) is 23.2. The number of urea groups is 1. The highest BCUT2D eigenvalue weighted by molar-refractivity contribution is 6.00. The third kappa shape index (κ3) is 5.12. The monoisotopic (exact) mass is 443 g/mol. The van der Waals surface area contributed by atoms with Crippen LogP contribution in [0.3, 0.4) is 0 Å². The number of benzene rings is 3. The van der Waals surface area contributed by atoms with Gasteiger partial charge in [-0.15, -0.1) is 0 Å². The van der Waals surface area contributed by atoms with E-state index in [-0.39, 0.29) is 11.9 Å². The molecule has 1 heterocycles. The standard InChI is InChI=1S/C25H25N5O3/c1-30-21-13-12-18(28-25(32)27-17-8-4-3-5-9-17)16-20(21)29-23(30)14-15-26-24(31)19-10-6-7-11-22(19)33-2/h3-13,16H,14-15H2,1-2H3,(H,26,31)(H2,27,28,32). The Labute approximate surface area is 191 Å². The van der Waals surface area contributed by atoms with Crippen LogP contribution < -0.4 is 20.7 Å². The quantitative estimate of drug-likeness (QED) is 0.399. The van der Waals surface area contributed by atoms with Crippen LogP contribution in [-0.2, 0) is 13.5 Å². The number of methoxy groups -OCH3 is 1.